The van der Waals surface area contributed by atoms with Crippen LogP contribution >= 0.6 is 0 Å². The predicted octanol–water partition coefficient (Wildman–Crippen LogP) is 3.57. The van der Waals surface area contributed by atoms with E-state index in [2.05, 4.69) is 10.0 Å². The summed E-state index contributed by atoms with van der Waals surface area (Å²) in [5, 5.41) is 4.71. The summed E-state index contributed by atoms with van der Waals surface area (Å²) in [6, 6.07) is 19.1. The van der Waals surface area contributed by atoms with Crippen LogP contribution in [-0.2, 0) is 14.8 Å². The summed E-state index contributed by atoms with van der Waals surface area (Å²) in [7, 11) is 1.56. The Bertz CT molecular complexity index is 1240. The lowest BCUT2D eigenvalue weighted by atomic mass is 10.0. The zero-order valence-corrected chi connectivity index (χ0v) is 21.1. The number of rotatable bonds is 10. The molecule has 1 amide bonds. The number of ether oxygens (including phenoxy) is 1. The van der Waals surface area contributed by atoms with E-state index < -0.39 is 16.1 Å². The van der Waals surface area contributed by atoms with Crippen LogP contribution < -0.4 is 14.8 Å². The van der Waals surface area contributed by atoms with Crippen molar-refractivity contribution in [3.8, 4) is 5.75 Å². The first kappa shape index (κ1) is 25.7. The number of fused-ring (bicyclic) bond motifs is 1. The number of sulfonamides is 1. The number of amides is 1. The quantitative estimate of drug-likeness (QED) is 0.460. The van der Waals surface area contributed by atoms with E-state index in [1.807, 2.05) is 81.4 Å². The molecule has 0 bridgehead atoms. The Balaban J connectivity index is 1.77. The molecule has 2 N–H and O–H groups in total. The van der Waals surface area contributed by atoms with Gasteiger partial charge in [0.05, 0.1) is 18.0 Å². The predicted molar refractivity (Wildman–Crippen MR) is 135 cm³/mol. The molecule has 0 saturated carbocycles. The van der Waals surface area contributed by atoms with Gasteiger partial charge >= 0.3 is 0 Å². The van der Waals surface area contributed by atoms with Gasteiger partial charge in [0.15, 0.2) is 0 Å². The molecule has 7 nitrogen and oxygen atoms in total. The van der Waals surface area contributed by atoms with Gasteiger partial charge in [-0.15, -0.1) is 0 Å². The van der Waals surface area contributed by atoms with Crippen LogP contribution in [0.4, 0.5) is 0 Å². The average molecular weight is 484 g/mol. The molecule has 8 heteroatoms. The number of hydrogen-bond donors (Lipinski definition) is 2. The lowest BCUT2D eigenvalue weighted by Gasteiger charge is -2.28. The Hall–Kier alpha value is -2.94. The molecule has 0 aliphatic carbocycles. The lowest BCUT2D eigenvalue weighted by molar-refractivity contribution is -0.123. The molecule has 3 aromatic carbocycles. The molecular weight excluding hydrogens is 450 g/mol. The van der Waals surface area contributed by atoms with Gasteiger partial charge in [-0.25, -0.2) is 8.42 Å². The van der Waals surface area contributed by atoms with Crippen LogP contribution in [0.3, 0.4) is 0 Å². The highest BCUT2D eigenvalue weighted by Gasteiger charge is 2.29. The number of para-hydroxylation sites is 1. The minimum Gasteiger partial charge on any atom is -0.496 e. The Kier molecular flexibility index (Phi) is 8.30. The maximum absolute atomic E-state index is 13.1. The summed E-state index contributed by atoms with van der Waals surface area (Å²) in [6.07, 6.45) is 0. The first-order valence-corrected chi connectivity index (χ1v) is 12.7. The summed E-state index contributed by atoms with van der Waals surface area (Å²) >= 11 is 0. The average Bonchev–Trinajstić information content (AvgIpc) is 2.82. The van der Waals surface area contributed by atoms with Crippen molar-refractivity contribution in [2.45, 2.75) is 30.8 Å². The zero-order valence-electron chi connectivity index (χ0n) is 20.3. The Morgan fingerprint density at radius 2 is 1.62 bits per heavy atom. The second-order valence-electron chi connectivity index (χ2n) is 8.82. The van der Waals surface area contributed by atoms with E-state index in [4.69, 9.17) is 4.74 Å². The fourth-order valence-corrected chi connectivity index (χ4v) is 5.26. The van der Waals surface area contributed by atoms with Crippen LogP contribution in [0.25, 0.3) is 10.8 Å². The van der Waals surface area contributed by atoms with Gasteiger partial charge in [0.2, 0.25) is 15.9 Å². The second kappa shape index (κ2) is 11.0. The van der Waals surface area contributed by atoms with E-state index in [0.717, 1.165) is 22.1 Å². The first-order chi connectivity index (χ1) is 16.1. The van der Waals surface area contributed by atoms with Gasteiger partial charge < -0.3 is 15.0 Å². The van der Waals surface area contributed by atoms with Crippen LogP contribution in [0, 0.1) is 5.92 Å². The van der Waals surface area contributed by atoms with Crippen molar-refractivity contribution in [2.75, 3.05) is 27.7 Å². The highest BCUT2D eigenvalue weighted by Crippen LogP contribution is 2.27. The van der Waals surface area contributed by atoms with E-state index in [1.165, 1.54) is 0 Å². The first-order valence-electron chi connectivity index (χ1n) is 11.2. The minimum atomic E-state index is -3.90. The third-order valence-electron chi connectivity index (χ3n) is 5.85. The number of benzene rings is 3. The summed E-state index contributed by atoms with van der Waals surface area (Å²) in [6.45, 7) is 3.93. The van der Waals surface area contributed by atoms with E-state index >= 15 is 0 Å². The SMILES string of the molecule is COc1ccccc1C(CNC(=O)C(NS(=O)(=O)c1ccc2ccccc2c1)C(C)C)N(C)C. The molecule has 34 heavy (non-hydrogen) atoms. The maximum atomic E-state index is 13.1. The van der Waals surface area contributed by atoms with E-state index in [9.17, 15) is 13.2 Å². The van der Waals surface area contributed by atoms with Crippen molar-refractivity contribution >= 4 is 26.7 Å². The van der Waals surface area contributed by atoms with Gasteiger partial charge in [0.25, 0.3) is 0 Å². The largest absolute Gasteiger partial charge is 0.496 e. The Morgan fingerprint density at radius 3 is 2.26 bits per heavy atom. The van der Waals surface area contributed by atoms with E-state index in [0.29, 0.717) is 6.54 Å². The lowest BCUT2D eigenvalue weighted by Crippen LogP contribution is -2.50. The van der Waals surface area contributed by atoms with Crippen LogP contribution in [0.2, 0.25) is 0 Å². The molecule has 0 saturated heterocycles. The molecule has 0 radical (unpaired) electrons. The molecule has 2 unspecified atom stereocenters. The van der Waals surface area contributed by atoms with Gasteiger partial charge in [0.1, 0.15) is 11.8 Å². The maximum Gasteiger partial charge on any atom is 0.241 e. The van der Waals surface area contributed by atoms with Crippen LogP contribution in [-0.4, -0.2) is 53.0 Å². The van der Waals surface area contributed by atoms with Gasteiger partial charge in [-0.1, -0.05) is 62.4 Å². The smallest absolute Gasteiger partial charge is 0.241 e. The minimum absolute atomic E-state index is 0.129. The Morgan fingerprint density at radius 1 is 0.971 bits per heavy atom. The van der Waals surface area contributed by atoms with Gasteiger partial charge in [-0.05, 0) is 49.0 Å². The molecule has 3 aromatic rings. The highest BCUT2D eigenvalue weighted by atomic mass is 32.2. The summed E-state index contributed by atoms with van der Waals surface area (Å²) in [5.74, 6) is 0.105. The van der Waals surface area contributed by atoms with Crippen molar-refractivity contribution < 1.29 is 17.9 Å². The number of nitrogens with zero attached hydrogens (tertiary/aromatic N) is 1. The standard InChI is InChI=1S/C26H33N3O4S/c1-18(2)25(28-34(31,32)21-15-14-19-10-6-7-11-20(19)16-21)26(30)27-17-23(29(3)4)22-12-8-9-13-24(22)33-5/h6-16,18,23,25,28H,17H2,1-5H3,(H,27,30). The normalized spacial score (nSPS) is 13.7. The number of hydrogen-bond acceptors (Lipinski definition) is 5. The fraction of sp³-hybridized carbons (Fsp3) is 0.346. The van der Waals surface area contributed by atoms with E-state index in [1.54, 1.807) is 25.3 Å². The second-order valence-corrected chi connectivity index (χ2v) is 10.5. The summed E-state index contributed by atoms with van der Waals surface area (Å²) in [4.78, 5) is 15.2. The molecule has 3 rings (SSSR count). The van der Waals surface area contributed by atoms with Gasteiger partial charge in [0, 0.05) is 12.1 Å². The number of carbonyl (C=O) groups excluding carboxylic acids is 1. The molecule has 0 aliphatic rings. The summed E-state index contributed by atoms with van der Waals surface area (Å²) in [5.41, 5.74) is 0.938. The van der Waals surface area contributed by atoms with Crippen molar-refractivity contribution in [1.29, 1.82) is 0 Å². The van der Waals surface area contributed by atoms with Crippen LogP contribution in [0.15, 0.2) is 71.6 Å². The Labute approximate surface area is 202 Å². The number of nitrogens with one attached hydrogen (secondary N) is 2. The molecule has 0 heterocycles. The van der Waals surface area contributed by atoms with Crippen molar-refractivity contribution in [3.05, 3.63) is 72.3 Å². The molecule has 0 spiro atoms. The monoisotopic (exact) mass is 483 g/mol. The van der Waals surface area contributed by atoms with Crippen molar-refractivity contribution in [2.24, 2.45) is 5.92 Å². The number of likely N-dealkylation sites (N-methyl/N-ethyl adjacent to an activating group) is 1. The van der Waals surface area contributed by atoms with Crippen LogP contribution in [0.5, 0.6) is 5.75 Å². The van der Waals surface area contributed by atoms with Gasteiger partial charge in [-0.2, -0.15) is 4.72 Å². The molecular formula is C26H33N3O4S. The van der Waals surface area contributed by atoms with Gasteiger partial charge in [-0.3, -0.25) is 4.79 Å². The van der Waals surface area contributed by atoms with E-state index in [-0.39, 0.29) is 22.8 Å². The van der Waals surface area contributed by atoms with Crippen LogP contribution in [0.1, 0.15) is 25.5 Å². The zero-order chi connectivity index (χ0) is 24.9. The fourth-order valence-electron chi connectivity index (χ4n) is 3.88. The molecule has 182 valence electrons. The third kappa shape index (κ3) is 5.94. The molecule has 0 aromatic heterocycles. The molecule has 0 aliphatic heterocycles. The molecule has 0 fully saturated rings. The van der Waals surface area contributed by atoms with Crippen molar-refractivity contribution in [3.63, 3.8) is 0 Å². The third-order valence-corrected chi connectivity index (χ3v) is 7.29. The molecule has 2 atom stereocenters. The number of carbonyl (C=O) groups is 1. The topological polar surface area (TPSA) is 87.7 Å². The van der Waals surface area contributed by atoms with Crippen molar-refractivity contribution in [1.82, 2.24) is 14.9 Å². The number of methoxy groups -OCH3 is 1. The highest BCUT2D eigenvalue weighted by molar-refractivity contribution is 7.89. The summed E-state index contributed by atoms with van der Waals surface area (Å²) < 4.78 is 34.4.